The van der Waals surface area contributed by atoms with Gasteiger partial charge in [-0.15, -0.1) is 11.3 Å². The molecule has 1 aromatic carbocycles. The lowest BCUT2D eigenvalue weighted by atomic mass is 10.3. The molecular formula is C14H16N4OS. The number of thiazole rings is 1. The average Bonchev–Trinajstić information content (AvgIpc) is 2.97. The molecule has 0 unspecified atom stereocenters. The lowest BCUT2D eigenvalue weighted by molar-refractivity contribution is 0.343. The van der Waals surface area contributed by atoms with Crippen molar-refractivity contribution in [3.63, 3.8) is 0 Å². The van der Waals surface area contributed by atoms with E-state index in [2.05, 4.69) is 9.97 Å². The Hall–Kier alpha value is -2.08. The lowest BCUT2D eigenvalue weighted by Crippen LogP contribution is -2.04. The van der Waals surface area contributed by atoms with Crippen molar-refractivity contribution in [1.29, 1.82) is 0 Å². The van der Waals surface area contributed by atoms with Gasteiger partial charge in [0.05, 0.1) is 29.9 Å². The van der Waals surface area contributed by atoms with Gasteiger partial charge in [0, 0.05) is 4.88 Å². The lowest BCUT2D eigenvalue weighted by Gasteiger charge is -2.06. The summed E-state index contributed by atoms with van der Waals surface area (Å²) in [5, 5.41) is 0. The van der Waals surface area contributed by atoms with E-state index in [0.717, 1.165) is 22.5 Å². The summed E-state index contributed by atoms with van der Waals surface area (Å²) in [5.41, 5.74) is 10.8. The number of para-hydroxylation sites is 1. The van der Waals surface area contributed by atoms with Crippen LogP contribution in [0.25, 0.3) is 11.0 Å². The van der Waals surface area contributed by atoms with E-state index in [0.29, 0.717) is 19.1 Å². The van der Waals surface area contributed by atoms with Crippen LogP contribution in [0.2, 0.25) is 0 Å². The molecule has 0 radical (unpaired) electrons. The molecular weight excluding hydrogens is 272 g/mol. The van der Waals surface area contributed by atoms with Gasteiger partial charge in [-0.2, -0.15) is 0 Å². The van der Waals surface area contributed by atoms with Crippen LogP contribution in [-0.2, 0) is 6.54 Å². The largest absolute Gasteiger partial charge is 0.492 e. The third kappa shape index (κ3) is 2.12. The summed E-state index contributed by atoms with van der Waals surface area (Å²) in [7, 11) is 0. The van der Waals surface area contributed by atoms with Crippen molar-refractivity contribution in [3.8, 4) is 5.75 Å². The van der Waals surface area contributed by atoms with Gasteiger partial charge in [0.15, 0.2) is 0 Å². The van der Waals surface area contributed by atoms with Gasteiger partial charge in [0.1, 0.15) is 11.3 Å². The number of rotatable bonds is 4. The monoisotopic (exact) mass is 288 g/mol. The van der Waals surface area contributed by atoms with Gasteiger partial charge < -0.3 is 15.0 Å². The molecule has 0 aliphatic carbocycles. The average molecular weight is 288 g/mol. The van der Waals surface area contributed by atoms with Crippen molar-refractivity contribution in [2.45, 2.75) is 20.4 Å². The molecule has 2 heterocycles. The fourth-order valence-electron chi connectivity index (χ4n) is 2.20. The van der Waals surface area contributed by atoms with Crippen LogP contribution >= 0.6 is 11.3 Å². The predicted molar refractivity (Wildman–Crippen MR) is 81.3 cm³/mol. The minimum Gasteiger partial charge on any atom is -0.492 e. The predicted octanol–water partition coefficient (Wildman–Crippen LogP) is 2.83. The number of fused-ring (bicyclic) bond motifs is 1. The first kappa shape index (κ1) is 12.9. The highest BCUT2D eigenvalue weighted by molar-refractivity contribution is 7.09. The Morgan fingerprint density at radius 2 is 2.25 bits per heavy atom. The first-order chi connectivity index (χ1) is 9.70. The fraction of sp³-hybridized carbons (Fsp3) is 0.286. The zero-order valence-corrected chi connectivity index (χ0v) is 12.3. The number of hydrogen-bond acceptors (Lipinski definition) is 5. The second kappa shape index (κ2) is 5.13. The number of nitrogens with zero attached hydrogens (tertiary/aromatic N) is 3. The minimum absolute atomic E-state index is 0.500. The van der Waals surface area contributed by atoms with E-state index < -0.39 is 0 Å². The molecule has 0 saturated carbocycles. The molecule has 0 saturated heterocycles. The van der Waals surface area contributed by atoms with Crippen LogP contribution in [0.3, 0.4) is 0 Å². The van der Waals surface area contributed by atoms with Crippen molar-refractivity contribution in [3.05, 3.63) is 34.3 Å². The molecule has 5 nitrogen and oxygen atoms in total. The van der Waals surface area contributed by atoms with E-state index >= 15 is 0 Å². The number of benzene rings is 1. The van der Waals surface area contributed by atoms with Crippen molar-refractivity contribution < 1.29 is 4.74 Å². The highest BCUT2D eigenvalue weighted by atomic mass is 32.1. The molecule has 104 valence electrons. The highest BCUT2D eigenvalue weighted by Gasteiger charge is 2.14. The van der Waals surface area contributed by atoms with Gasteiger partial charge in [-0.05, 0) is 26.0 Å². The van der Waals surface area contributed by atoms with Crippen LogP contribution in [0.15, 0.2) is 23.7 Å². The Labute approximate surface area is 121 Å². The van der Waals surface area contributed by atoms with Crippen LogP contribution in [-0.4, -0.2) is 21.1 Å². The number of hydrogen-bond donors (Lipinski definition) is 1. The van der Waals surface area contributed by atoms with Gasteiger partial charge in [0.25, 0.3) is 0 Å². The van der Waals surface area contributed by atoms with E-state index in [9.17, 15) is 0 Å². The standard InChI is InChI=1S/C14H16N4OS/c1-3-19-11-6-4-5-10-13(11)17-14(15)18(10)7-12-9(2)16-8-20-12/h4-6,8H,3,7H2,1-2H3,(H2,15,17). The molecule has 0 spiro atoms. The van der Waals surface area contributed by atoms with Crippen LogP contribution in [0.1, 0.15) is 17.5 Å². The Bertz CT molecular complexity index is 747. The number of aromatic nitrogens is 3. The van der Waals surface area contributed by atoms with E-state index in [1.807, 2.05) is 42.1 Å². The summed E-state index contributed by atoms with van der Waals surface area (Å²) in [5.74, 6) is 1.27. The SMILES string of the molecule is CCOc1cccc2c1nc(N)n2Cc1scnc1C. The molecule has 0 bridgehead atoms. The van der Waals surface area contributed by atoms with Gasteiger partial charge >= 0.3 is 0 Å². The number of nitrogens with two attached hydrogens (primary N) is 1. The smallest absolute Gasteiger partial charge is 0.201 e. The van der Waals surface area contributed by atoms with E-state index in [1.54, 1.807) is 11.3 Å². The van der Waals surface area contributed by atoms with Crippen molar-refractivity contribution in [1.82, 2.24) is 14.5 Å². The number of ether oxygens (including phenoxy) is 1. The van der Waals surface area contributed by atoms with Gasteiger partial charge in [-0.3, -0.25) is 0 Å². The van der Waals surface area contributed by atoms with Crippen LogP contribution < -0.4 is 10.5 Å². The van der Waals surface area contributed by atoms with Crippen LogP contribution in [0.5, 0.6) is 5.75 Å². The van der Waals surface area contributed by atoms with Crippen molar-refractivity contribution >= 4 is 28.3 Å². The summed E-state index contributed by atoms with van der Waals surface area (Å²) < 4.78 is 7.60. The summed E-state index contributed by atoms with van der Waals surface area (Å²) in [6.45, 7) is 5.26. The molecule has 2 N–H and O–H groups in total. The van der Waals surface area contributed by atoms with E-state index in [1.165, 1.54) is 4.88 Å². The number of anilines is 1. The molecule has 0 amide bonds. The van der Waals surface area contributed by atoms with Gasteiger partial charge in [0.2, 0.25) is 5.95 Å². The molecule has 0 atom stereocenters. The fourth-order valence-corrected chi connectivity index (χ4v) is 2.96. The second-order valence-electron chi connectivity index (χ2n) is 4.47. The van der Waals surface area contributed by atoms with Crippen LogP contribution in [0, 0.1) is 6.92 Å². The summed E-state index contributed by atoms with van der Waals surface area (Å²) >= 11 is 1.63. The highest BCUT2D eigenvalue weighted by Crippen LogP contribution is 2.28. The Morgan fingerprint density at radius 1 is 1.40 bits per heavy atom. The molecule has 3 rings (SSSR count). The van der Waals surface area contributed by atoms with Crippen LogP contribution in [0.4, 0.5) is 5.95 Å². The summed E-state index contributed by atoms with van der Waals surface area (Å²) in [4.78, 5) is 9.91. The van der Waals surface area contributed by atoms with Crippen molar-refractivity contribution in [2.75, 3.05) is 12.3 Å². The number of aryl methyl sites for hydroxylation is 1. The number of nitrogen functional groups attached to an aromatic ring is 1. The Morgan fingerprint density at radius 3 is 2.95 bits per heavy atom. The van der Waals surface area contributed by atoms with Gasteiger partial charge in [-0.1, -0.05) is 6.07 Å². The first-order valence-corrected chi connectivity index (χ1v) is 7.35. The molecule has 0 aliphatic rings. The minimum atomic E-state index is 0.500. The quantitative estimate of drug-likeness (QED) is 0.801. The topological polar surface area (TPSA) is 66.0 Å². The maximum absolute atomic E-state index is 6.07. The molecule has 0 fully saturated rings. The molecule has 6 heteroatoms. The zero-order chi connectivity index (χ0) is 14.1. The van der Waals surface area contributed by atoms with E-state index in [-0.39, 0.29) is 0 Å². The van der Waals surface area contributed by atoms with Crippen molar-refractivity contribution in [2.24, 2.45) is 0 Å². The Balaban J connectivity index is 2.09. The molecule has 2 aromatic heterocycles. The summed E-state index contributed by atoms with van der Waals surface area (Å²) in [6, 6.07) is 5.89. The third-order valence-corrected chi connectivity index (χ3v) is 4.14. The summed E-state index contributed by atoms with van der Waals surface area (Å²) in [6.07, 6.45) is 0. The van der Waals surface area contributed by atoms with E-state index in [4.69, 9.17) is 10.5 Å². The normalized spacial score (nSPS) is 11.1. The molecule has 0 aliphatic heterocycles. The third-order valence-electron chi connectivity index (χ3n) is 3.22. The molecule has 20 heavy (non-hydrogen) atoms. The maximum atomic E-state index is 6.07. The number of imidazole rings is 1. The van der Waals surface area contributed by atoms with Gasteiger partial charge in [-0.25, -0.2) is 9.97 Å². The Kier molecular flexibility index (Phi) is 3.31. The molecule has 3 aromatic rings. The second-order valence-corrected chi connectivity index (χ2v) is 5.41. The first-order valence-electron chi connectivity index (χ1n) is 6.47. The zero-order valence-electron chi connectivity index (χ0n) is 11.5. The maximum Gasteiger partial charge on any atom is 0.201 e.